The number of fused-ring (bicyclic) bond motifs is 4. The molecule has 2 amide bonds. The van der Waals surface area contributed by atoms with Gasteiger partial charge in [-0.05, 0) is 80.3 Å². The normalized spacial score (nSPS) is 23.8. The number of ether oxygens (including phenoxy) is 4. The molecule has 2 saturated heterocycles. The van der Waals surface area contributed by atoms with Crippen molar-refractivity contribution in [1.82, 2.24) is 9.80 Å². The summed E-state index contributed by atoms with van der Waals surface area (Å²) in [5, 5.41) is -1.17. The first-order valence-electron chi connectivity index (χ1n) is 15.8. The largest absolute Gasteiger partial charge is 0.493 e. The van der Waals surface area contributed by atoms with Crippen molar-refractivity contribution in [2.45, 2.75) is 69.2 Å². The maximum Gasteiger partial charge on any atom is 0.270 e. The highest BCUT2D eigenvalue weighted by atomic mass is 32.2. The molecule has 14 heteroatoms. The van der Waals surface area contributed by atoms with E-state index >= 15 is 0 Å². The van der Waals surface area contributed by atoms with E-state index in [0.29, 0.717) is 47.6 Å². The molecule has 4 heterocycles. The summed E-state index contributed by atoms with van der Waals surface area (Å²) in [6.45, 7) is 2.94. The molecule has 2 aromatic rings. The Hall–Kier alpha value is -3.28. The van der Waals surface area contributed by atoms with Crippen molar-refractivity contribution in [3.8, 4) is 23.0 Å². The number of methoxy groups -OCH3 is 2. The Morgan fingerprint density at radius 3 is 2.00 bits per heavy atom. The lowest BCUT2D eigenvalue weighted by molar-refractivity contribution is 0.0732. The van der Waals surface area contributed by atoms with Crippen LogP contribution < -0.4 is 18.9 Å². The first-order valence-corrected chi connectivity index (χ1v) is 19.6. The number of amides is 2. The van der Waals surface area contributed by atoms with Crippen LogP contribution in [-0.2, 0) is 27.5 Å². The quantitative estimate of drug-likeness (QED) is 0.283. The zero-order chi connectivity index (χ0) is 32.8. The van der Waals surface area contributed by atoms with E-state index in [4.69, 9.17) is 18.9 Å². The number of carbonyl (C=O) groups is 2. The van der Waals surface area contributed by atoms with E-state index in [-0.39, 0.29) is 54.6 Å². The van der Waals surface area contributed by atoms with Crippen molar-refractivity contribution in [1.29, 1.82) is 0 Å². The molecule has 0 radical (unpaired) electrons. The summed E-state index contributed by atoms with van der Waals surface area (Å²) >= 11 is 0. The van der Waals surface area contributed by atoms with Crippen LogP contribution in [0.4, 0.5) is 0 Å². The second kappa shape index (κ2) is 12.7. The lowest BCUT2D eigenvalue weighted by atomic mass is 10.00. The lowest BCUT2D eigenvalue weighted by Gasteiger charge is -2.26. The molecule has 2 unspecified atom stereocenters. The molecular weight excluding hydrogens is 635 g/mol. The highest BCUT2D eigenvalue weighted by Crippen LogP contribution is 2.48. The van der Waals surface area contributed by atoms with Gasteiger partial charge in [0.2, 0.25) is 0 Å². The van der Waals surface area contributed by atoms with Gasteiger partial charge in [0.25, 0.3) is 21.9 Å². The van der Waals surface area contributed by atoms with Crippen molar-refractivity contribution < 1.29 is 46.1 Å². The van der Waals surface area contributed by atoms with E-state index in [0.717, 1.165) is 37.8 Å². The topological polar surface area (TPSA) is 149 Å². The molecule has 2 fully saturated rings. The van der Waals surface area contributed by atoms with Crippen molar-refractivity contribution in [3.63, 3.8) is 0 Å². The molecule has 2 aromatic carbocycles. The van der Waals surface area contributed by atoms with Gasteiger partial charge < -0.3 is 33.3 Å². The maximum atomic E-state index is 14.0. The molecule has 46 heavy (non-hydrogen) atoms. The lowest BCUT2D eigenvalue weighted by Crippen LogP contribution is -2.44. The fourth-order valence-electron chi connectivity index (χ4n) is 7.24. The van der Waals surface area contributed by atoms with Crippen LogP contribution >= 0.6 is 7.14 Å². The number of nitrogens with zero attached hydrogens (tertiary/aromatic N) is 2. The Morgan fingerprint density at radius 1 is 0.826 bits per heavy atom. The van der Waals surface area contributed by atoms with Crippen LogP contribution in [0.1, 0.15) is 70.9 Å². The monoisotopic (exact) mass is 676 g/mol. The average Bonchev–Trinajstić information content (AvgIpc) is 3.68. The zero-order valence-electron chi connectivity index (χ0n) is 26.4. The van der Waals surface area contributed by atoms with E-state index in [1.807, 2.05) is 11.0 Å². The predicted molar refractivity (Wildman–Crippen MR) is 171 cm³/mol. The zero-order valence-corrected chi connectivity index (χ0v) is 28.1. The van der Waals surface area contributed by atoms with E-state index in [1.165, 1.54) is 25.2 Å². The molecule has 4 atom stereocenters. The van der Waals surface area contributed by atoms with Crippen LogP contribution in [-0.4, -0.2) is 98.1 Å². The Labute approximate surface area is 269 Å². The van der Waals surface area contributed by atoms with Gasteiger partial charge in [0.15, 0.2) is 30.1 Å². The Kier molecular flexibility index (Phi) is 9.04. The summed E-state index contributed by atoms with van der Waals surface area (Å²) in [5.74, 6) is 0.932. The van der Waals surface area contributed by atoms with Crippen LogP contribution in [0.15, 0.2) is 24.3 Å². The van der Waals surface area contributed by atoms with Crippen LogP contribution in [0.25, 0.3) is 0 Å². The van der Waals surface area contributed by atoms with Crippen molar-refractivity contribution in [3.05, 3.63) is 46.5 Å². The van der Waals surface area contributed by atoms with E-state index < -0.39 is 28.6 Å². The number of carbonyl (C=O) groups excluding carboxylic acids is 2. The van der Waals surface area contributed by atoms with E-state index in [9.17, 15) is 27.1 Å². The fourth-order valence-corrected chi connectivity index (χ4v) is 9.50. The molecule has 4 aliphatic heterocycles. The average molecular weight is 677 g/mol. The second-order valence-corrected chi connectivity index (χ2v) is 17.4. The van der Waals surface area contributed by atoms with Crippen LogP contribution in [0.2, 0.25) is 0 Å². The SMILES string of the molecule is CCP(=O)(COc1cc2c(cc1OC)C(=O)N1CCC[C@H]1CC2)COc1cc2c(cc1OC)C(=O)N1CCC[C@H]1C(S(=O)(=O)O)C2. The van der Waals surface area contributed by atoms with E-state index in [1.54, 1.807) is 19.1 Å². The van der Waals surface area contributed by atoms with Gasteiger partial charge in [-0.3, -0.25) is 14.1 Å². The number of hydrogen-bond acceptors (Lipinski definition) is 9. The number of benzene rings is 2. The summed E-state index contributed by atoms with van der Waals surface area (Å²) in [7, 11) is -4.62. The molecule has 0 spiro atoms. The second-order valence-electron chi connectivity index (χ2n) is 12.5. The summed E-state index contributed by atoms with van der Waals surface area (Å²) < 4.78 is 72.1. The maximum absolute atomic E-state index is 14.0. The Morgan fingerprint density at radius 2 is 1.39 bits per heavy atom. The minimum atomic E-state index is -4.45. The minimum Gasteiger partial charge on any atom is -0.493 e. The molecule has 250 valence electrons. The molecule has 4 aliphatic rings. The van der Waals surface area contributed by atoms with E-state index in [2.05, 4.69) is 0 Å². The third-order valence-electron chi connectivity index (χ3n) is 9.90. The van der Waals surface area contributed by atoms with Crippen molar-refractivity contribution >= 4 is 29.1 Å². The molecule has 1 N–H and O–H groups in total. The van der Waals surface area contributed by atoms with Gasteiger partial charge >= 0.3 is 0 Å². The number of aryl methyl sites for hydroxylation is 1. The van der Waals surface area contributed by atoms with Gasteiger partial charge in [-0.25, -0.2) is 0 Å². The van der Waals surface area contributed by atoms with Crippen molar-refractivity contribution in [2.75, 3.05) is 46.2 Å². The summed E-state index contributed by atoms with van der Waals surface area (Å²) in [6.07, 6.45) is 4.60. The Bertz CT molecular complexity index is 1700. The van der Waals surface area contributed by atoms with Crippen LogP contribution in [0, 0.1) is 0 Å². The number of rotatable bonds is 10. The van der Waals surface area contributed by atoms with Gasteiger partial charge in [0, 0.05) is 36.4 Å². The van der Waals surface area contributed by atoms with Crippen molar-refractivity contribution in [2.24, 2.45) is 0 Å². The standard InChI is InChI=1S/C32H41N2O10PS/c1-4-45(37,18-43-28-13-20-9-10-22-7-5-11-33(22)31(35)23(20)16-26(28)41-2)19-44-29-14-21-15-30(46(38,39)40)25-8-6-12-34(25)32(36)24(21)17-27(29)42-3/h13-14,16-17,22,25,30H,4-12,15,18-19H2,1-3H3,(H,38,39,40)/t22-,25-,30?,45?/m0/s1. The Balaban J connectivity index is 1.21. The van der Waals surface area contributed by atoms with Crippen LogP contribution in [0.5, 0.6) is 23.0 Å². The predicted octanol–water partition coefficient (Wildman–Crippen LogP) is 4.43. The van der Waals surface area contributed by atoms with Gasteiger partial charge in [-0.15, -0.1) is 0 Å². The summed E-state index contributed by atoms with van der Waals surface area (Å²) in [4.78, 5) is 30.2. The minimum absolute atomic E-state index is 0.00665. The highest BCUT2D eigenvalue weighted by Gasteiger charge is 2.45. The van der Waals surface area contributed by atoms with Gasteiger partial charge in [0.1, 0.15) is 17.9 Å². The molecular formula is C32H41N2O10PS. The smallest absolute Gasteiger partial charge is 0.270 e. The van der Waals surface area contributed by atoms with Gasteiger partial charge in [0.05, 0.1) is 20.3 Å². The number of hydrogen-bond donors (Lipinski definition) is 1. The van der Waals surface area contributed by atoms with Gasteiger partial charge in [-0.2, -0.15) is 8.42 Å². The molecule has 12 nitrogen and oxygen atoms in total. The van der Waals surface area contributed by atoms with Crippen LogP contribution in [0.3, 0.4) is 0 Å². The summed E-state index contributed by atoms with van der Waals surface area (Å²) in [6, 6.07) is 6.22. The first kappa shape index (κ1) is 32.7. The summed E-state index contributed by atoms with van der Waals surface area (Å²) in [5.41, 5.74) is 2.19. The third kappa shape index (κ3) is 6.09. The highest BCUT2D eigenvalue weighted by molar-refractivity contribution is 7.86. The molecule has 0 bridgehead atoms. The first-order chi connectivity index (χ1) is 22.0. The molecule has 0 saturated carbocycles. The molecule has 0 aliphatic carbocycles. The molecule has 0 aromatic heterocycles. The fraction of sp³-hybridized carbons (Fsp3) is 0.562. The van der Waals surface area contributed by atoms with Gasteiger partial charge in [-0.1, -0.05) is 6.92 Å². The molecule has 6 rings (SSSR count). The third-order valence-corrected chi connectivity index (χ3v) is 13.5.